The van der Waals surface area contributed by atoms with Gasteiger partial charge in [-0.25, -0.2) is 0 Å². The van der Waals surface area contributed by atoms with Crippen LogP contribution in [-0.2, 0) is 10.2 Å². The lowest BCUT2D eigenvalue weighted by Gasteiger charge is -2.38. The van der Waals surface area contributed by atoms with E-state index in [0.717, 1.165) is 18.4 Å². The van der Waals surface area contributed by atoms with E-state index in [-0.39, 0.29) is 22.6 Å². The minimum atomic E-state index is -0.270. The topological polar surface area (TPSA) is 58.6 Å². The zero-order valence-electron chi connectivity index (χ0n) is 13.3. The van der Waals surface area contributed by atoms with Gasteiger partial charge in [-0.3, -0.25) is 4.79 Å². The maximum atomic E-state index is 12.4. The lowest BCUT2D eigenvalue weighted by Crippen LogP contribution is -2.44. The van der Waals surface area contributed by atoms with Crippen LogP contribution in [0.2, 0.25) is 5.02 Å². The van der Waals surface area contributed by atoms with Crippen LogP contribution in [0.25, 0.3) is 0 Å². The van der Waals surface area contributed by atoms with Crippen molar-refractivity contribution in [2.24, 2.45) is 0 Å². The van der Waals surface area contributed by atoms with E-state index >= 15 is 0 Å². The van der Waals surface area contributed by atoms with Gasteiger partial charge in [0.2, 0.25) is 0 Å². The van der Waals surface area contributed by atoms with Crippen LogP contribution in [0.15, 0.2) is 48.5 Å². The van der Waals surface area contributed by atoms with E-state index in [0.29, 0.717) is 24.8 Å². The minimum absolute atomic E-state index is 0.0116. The quantitative estimate of drug-likeness (QED) is 0.891. The standard InChI is InChI=1S/C19H20ClNO3/c20-15-7-5-14(6-8-15)19(9-11-24-12-10-19)13-21-18(23)16-3-1-2-4-17(16)22/h1-8,22H,9-13H2,(H,21,23). The van der Waals surface area contributed by atoms with Crippen LogP contribution in [0.3, 0.4) is 0 Å². The van der Waals surface area contributed by atoms with Crippen molar-refractivity contribution >= 4 is 17.5 Å². The Labute approximate surface area is 146 Å². The van der Waals surface area contributed by atoms with Crippen molar-refractivity contribution in [3.05, 3.63) is 64.7 Å². The number of benzene rings is 2. The van der Waals surface area contributed by atoms with Crippen molar-refractivity contribution in [2.45, 2.75) is 18.3 Å². The summed E-state index contributed by atoms with van der Waals surface area (Å²) in [5.41, 5.74) is 1.26. The Hall–Kier alpha value is -2.04. The maximum absolute atomic E-state index is 12.4. The molecule has 1 heterocycles. The van der Waals surface area contributed by atoms with E-state index < -0.39 is 0 Å². The third-order valence-corrected chi connectivity index (χ3v) is 4.89. The highest BCUT2D eigenvalue weighted by molar-refractivity contribution is 6.30. The van der Waals surface area contributed by atoms with Gasteiger partial charge in [-0.2, -0.15) is 0 Å². The molecule has 4 nitrogen and oxygen atoms in total. The second-order valence-corrected chi connectivity index (χ2v) is 6.54. The van der Waals surface area contributed by atoms with Crippen LogP contribution in [0.5, 0.6) is 5.75 Å². The first-order valence-corrected chi connectivity index (χ1v) is 8.38. The molecule has 1 fully saturated rings. The van der Waals surface area contributed by atoms with Gasteiger partial charge in [-0.1, -0.05) is 35.9 Å². The van der Waals surface area contributed by atoms with Gasteiger partial charge in [0, 0.05) is 30.2 Å². The summed E-state index contributed by atoms with van der Waals surface area (Å²) in [6.07, 6.45) is 1.66. The molecule has 0 bridgehead atoms. The van der Waals surface area contributed by atoms with Crippen molar-refractivity contribution in [1.29, 1.82) is 0 Å². The molecule has 5 heteroatoms. The molecule has 126 valence electrons. The lowest BCUT2D eigenvalue weighted by atomic mass is 9.74. The van der Waals surface area contributed by atoms with Crippen molar-refractivity contribution in [3.63, 3.8) is 0 Å². The average Bonchev–Trinajstić information content (AvgIpc) is 2.61. The molecule has 0 aromatic heterocycles. The van der Waals surface area contributed by atoms with Crippen LogP contribution < -0.4 is 5.32 Å². The van der Waals surface area contributed by atoms with Gasteiger partial charge in [0.1, 0.15) is 5.75 Å². The highest BCUT2D eigenvalue weighted by atomic mass is 35.5. The largest absolute Gasteiger partial charge is 0.507 e. The zero-order chi connectivity index (χ0) is 17.0. The number of hydrogen-bond acceptors (Lipinski definition) is 3. The number of phenolic OH excluding ortho intramolecular Hbond substituents is 1. The monoisotopic (exact) mass is 345 g/mol. The molecule has 3 rings (SSSR count). The zero-order valence-corrected chi connectivity index (χ0v) is 14.1. The Morgan fingerprint density at radius 3 is 2.46 bits per heavy atom. The predicted octanol–water partition coefficient (Wildman–Crippen LogP) is 3.52. The minimum Gasteiger partial charge on any atom is -0.507 e. The Morgan fingerprint density at radius 1 is 1.12 bits per heavy atom. The van der Waals surface area contributed by atoms with Crippen molar-refractivity contribution in [2.75, 3.05) is 19.8 Å². The summed E-state index contributed by atoms with van der Waals surface area (Å²) in [6.45, 7) is 1.81. The third kappa shape index (κ3) is 3.55. The van der Waals surface area contributed by atoms with Gasteiger partial charge < -0.3 is 15.2 Å². The van der Waals surface area contributed by atoms with E-state index in [1.54, 1.807) is 18.2 Å². The molecule has 0 aliphatic carbocycles. The Balaban J connectivity index is 1.79. The molecule has 0 saturated carbocycles. The van der Waals surface area contributed by atoms with Crippen LogP contribution in [0.4, 0.5) is 0 Å². The SMILES string of the molecule is O=C(NCC1(c2ccc(Cl)cc2)CCOCC1)c1ccccc1O. The van der Waals surface area contributed by atoms with Crippen molar-refractivity contribution < 1.29 is 14.6 Å². The molecule has 1 amide bonds. The number of carbonyl (C=O) groups is 1. The van der Waals surface area contributed by atoms with Crippen LogP contribution in [0, 0.1) is 0 Å². The van der Waals surface area contributed by atoms with Crippen LogP contribution in [0.1, 0.15) is 28.8 Å². The fraction of sp³-hybridized carbons (Fsp3) is 0.316. The summed E-state index contributed by atoms with van der Waals surface area (Å²) in [6, 6.07) is 14.3. The van der Waals surface area contributed by atoms with Crippen LogP contribution in [-0.4, -0.2) is 30.8 Å². The first-order chi connectivity index (χ1) is 11.6. The molecule has 1 aliphatic rings. The van der Waals surface area contributed by atoms with E-state index in [1.165, 1.54) is 6.07 Å². The summed E-state index contributed by atoms with van der Waals surface area (Å²) in [5, 5.41) is 13.5. The fourth-order valence-corrected chi connectivity index (χ4v) is 3.27. The maximum Gasteiger partial charge on any atom is 0.255 e. The second kappa shape index (κ2) is 7.24. The first-order valence-electron chi connectivity index (χ1n) is 8.01. The number of rotatable bonds is 4. The number of para-hydroxylation sites is 1. The molecule has 1 aliphatic heterocycles. The predicted molar refractivity (Wildman–Crippen MR) is 93.6 cm³/mol. The molecule has 1 saturated heterocycles. The van der Waals surface area contributed by atoms with Gasteiger partial charge >= 0.3 is 0 Å². The fourth-order valence-electron chi connectivity index (χ4n) is 3.14. The molecule has 24 heavy (non-hydrogen) atoms. The molecular formula is C19H20ClNO3. The van der Waals surface area contributed by atoms with E-state index in [2.05, 4.69) is 5.32 Å². The molecule has 2 aromatic rings. The summed E-state index contributed by atoms with van der Waals surface area (Å²) in [5.74, 6) is -0.282. The van der Waals surface area contributed by atoms with Crippen molar-refractivity contribution in [3.8, 4) is 5.75 Å². The average molecular weight is 346 g/mol. The van der Waals surface area contributed by atoms with Gasteiger partial charge in [0.05, 0.1) is 5.56 Å². The second-order valence-electron chi connectivity index (χ2n) is 6.10. The normalized spacial score (nSPS) is 16.5. The number of halogens is 1. The number of ether oxygens (including phenoxy) is 1. The highest BCUT2D eigenvalue weighted by Gasteiger charge is 2.35. The summed E-state index contributed by atoms with van der Waals surface area (Å²) >= 11 is 6.00. The Morgan fingerprint density at radius 2 is 1.79 bits per heavy atom. The highest BCUT2D eigenvalue weighted by Crippen LogP contribution is 2.35. The summed E-state index contributed by atoms with van der Waals surface area (Å²) < 4.78 is 5.50. The molecule has 0 radical (unpaired) electrons. The summed E-state index contributed by atoms with van der Waals surface area (Å²) in [4.78, 5) is 12.4. The third-order valence-electron chi connectivity index (χ3n) is 4.64. The van der Waals surface area contributed by atoms with Gasteiger partial charge in [0.25, 0.3) is 5.91 Å². The molecule has 0 spiro atoms. The van der Waals surface area contributed by atoms with E-state index in [9.17, 15) is 9.90 Å². The Kier molecular flexibility index (Phi) is 5.07. The lowest BCUT2D eigenvalue weighted by molar-refractivity contribution is 0.0487. The molecule has 2 N–H and O–H groups in total. The number of phenols is 1. The van der Waals surface area contributed by atoms with Gasteiger partial charge in [-0.15, -0.1) is 0 Å². The number of aromatic hydroxyl groups is 1. The van der Waals surface area contributed by atoms with Crippen LogP contribution >= 0.6 is 11.6 Å². The number of hydrogen-bond donors (Lipinski definition) is 2. The summed E-state index contributed by atoms with van der Waals surface area (Å²) in [7, 11) is 0. The molecule has 0 atom stereocenters. The van der Waals surface area contributed by atoms with E-state index in [4.69, 9.17) is 16.3 Å². The van der Waals surface area contributed by atoms with E-state index in [1.807, 2.05) is 24.3 Å². The van der Waals surface area contributed by atoms with Gasteiger partial charge in [0.15, 0.2) is 0 Å². The number of nitrogens with one attached hydrogen (secondary N) is 1. The number of carbonyl (C=O) groups excluding carboxylic acids is 1. The van der Waals surface area contributed by atoms with Crippen molar-refractivity contribution in [1.82, 2.24) is 5.32 Å². The molecule has 0 unspecified atom stereocenters. The van der Waals surface area contributed by atoms with Gasteiger partial charge in [-0.05, 0) is 42.7 Å². The number of amides is 1. The molecule has 2 aromatic carbocycles. The smallest absolute Gasteiger partial charge is 0.255 e. The first kappa shape index (κ1) is 16.8. The Bertz CT molecular complexity index is 709. The molecular weight excluding hydrogens is 326 g/mol.